The van der Waals surface area contributed by atoms with Gasteiger partial charge in [0.2, 0.25) is 0 Å². The van der Waals surface area contributed by atoms with Gasteiger partial charge in [0, 0.05) is 44.1 Å². The van der Waals surface area contributed by atoms with Crippen LogP contribution in [0.4, 0.5) is 0 Å². The van der Waals surface area contributed by atoms with Crippen molar-refractivity contribution in [2.24, 2.45) is 0 Å². The fourth-order valence-corrected chi connectivity index (χ4v) is 4.40. The largest absolute Gasteiger partial charge is 0.507 e. The maximum atomic E-state index is 13.1. The maximum absolute atomic E-state index is 13.1. The van der Waals surface area contributed by atoms with Crippen LogP contribution in [0.1, 0.15) is 37.4 Å². The fraction of sp³-hybridized carbons (Fsp3) is 0.423. The predicted molar refractivity (Wildman–Crippen MR) is 127 cm³/mol. The van der Waals surface area contributed by atoms with Gasteiger partial charge in [-0.3, -0.25) is 19.5 Å². The number of Topliss-reactive ketones (excluding diaryl/α,β-unsaturated/α-hetero) is 1. The molecule has 8 nitrogen and oxygen atoms in total. The number of ether oxygens (including phenoxy) is 2. The van der Waals surface area contributed by atoms with E-state index in [9.17, 15) is 14.7 Å². The molecule has 0 bridgehead atoms. The summed E-state index contributed by atoms with van der Waals surface area (Å²) in [4.78, 5) is 34.2. The van der Waals surface area contributed by atoms with Crippen LogP contribution in [0.5, 0.6) is 5.75 Å². The van der Waals surface area contributed by atoms with Crippen LogP contribution in [0.15, 0.2) is 54.4 Å². The minimum absolute atomic E-state index is 0.0211. The molecule has 3 heterocycles. The highest BCUT2D eigenvalue weighted by Crippen LogP contribution is 2.39. The van der Waals surface area contributed by atoms with Gasteiger partial charge >= 0.3 is 0 Å². The quantitative estimate of drug-likeness (QED) is 0.364. The molecule has 34 heavy (non-hydrogen) atoms. The zero-order chi connectivity index (χ0) is 24.1. The standard InChI is InChI=1S/C26H31N3O5/c1-18(2)34-21-8-6-19(7-9-21)24(30)22-23(20-5-3-10-27-17-20)29(26(32)25(22)31)12-4-11-28-13-15-33-16-14-28/h3,5-10,17-18,23,30H,4,11-16H2,1-2H3/b24-22+/t23-/m0/s1. The summed E-state index contributed by atoms with van der Waals surface area (Å²) in [6.07, 6.45) is 4.01. The number of aromatic nitrogens is 1. The van der Waals surface area contributed by atoms with E-state index in [1.165, 1.54) is 0 Å². The number of hydrogen-bond acceptors (Lipinski definition) is 7. The van der Waals surface area contributed by atoms with Gasteiger partial charge in [-0.2, -0.15) is 0 Å². The molecule has 0 spiro atoms. The Labute approximate surface area is 199 Å². The van der Waals surface area contributed by atoms with Crippen molar-refractivity contribution in [1.82, 2.24) is 14.8 Å². The molecule has 1 atom stereocenters. The van der Waals surface area contributed by atoms with E-state index in [1.807, 2.05) is 19.9 Å². The van der Waals surface area contributed by atoms with Gasteiger partial charge in [0.25, 0.3) is 11.7 Å². The van der Waals surface area contributed by atoms with Crippen LogP contribution in [0, 0.1) is 0 Å². The SMILES string of the molecule is CC(C)Oc1ccc(/C(O)=C2\C(=O)C(=O)N(CCCN3CCOCC3)[C@H]2c2cccnc2)cc1. The van der Waals surface area contributed by atoms with Gasteiger partial charge < -0.3 is 19.5 Å². The van der Waals surface area contributed by atoms with Crippen molar-refractivity contribution in [3.8, 4) is 5.75 Å². The monoisotopic (exact) mass is 465 g/mol. The smallest absolute Gasteiger partial charge is 0.295 e. The third kappa shape index (κ3) is 5.29. The highest BCUT2D eigenvalue weighted by molar-refractivity contribution is 6.46. The lowest BCUT2D eigenvalue weighted by Crippen LogP contribution is -2.39. The van der Waals surface area contributed by atoms with Crippen LogP contribution in [0.2, 0.25) is 0 Å². The van der Waals surface area contributed by atoms with Crippen LogP contribution < -0.4 is 4.74 Å². The Balaban J connectivity index is 1.62. The van der Waals surface area contributed by atoms with Gasteiger partial charge in [-0.15, -0.1) is 0 Å². The number of hydrogen-bond donors (Lipinski definition) is 1. The van der Waals surface area contributed by atoms with Gasteiger partial charge in [-0.05, 0) is 56.2 Å². The van der Waals surface area contributed by atoms with E-state index >= 15 is 0 Å². The first-order chi connectivity index (χ1) is 16.5. The van der Waals surface area contributed by atoms with Crippen molar-refractivity contribution in [2.75, 3.05) is 39.4 Å². The zero-order valence-corrected chi connectivity index (χ0v) is 19.6. The molecule has 0 saturated carbocycles. The van der Waals surface area contributed by atoms with Crippen molar-refractivity contribution >= 4 is 17.4 Å². The Morgan fingerprint density at radius 1 is 1.15 bits per heavy atom. The number of benzene rings is 1. The molecule has 2 aromatic rings. The average molecular weight is 466 g/mol. The highest BCUT2D eigenvalue weighted by Gasteiger charge is 2.45. The van der Waals surface area contributed by atoms with Gasteiger partial charge in [0.1, 0.15) is 11.5 Å². The lowest BCUT2D eigenvalue weighted by molar-refractivity contribution is -0.140. The normalized spacial score (nSPS) is 20.8. The minimum atomic E-state index is -0.690. The molecule has 2 fully saturated rings. The third-order valence-electron chi connectivity index (χ3n) is 6.02. The first-order valence-corrected chi connectivity index (χ1v) is 11.7. The van der Waals surface area contributed by atoms with Crippen LogP contribution in [-0.2, 0) is 14.3 Å². The van der Waals surface area contributed by atoms with E-state index in [0.717, 1.165) is 19.6 Å². The second kappa shape index (κ2) is 10.8. The average Bonchev–Trinajstić information content (AvgIpc) is 3.10. The summed E-state index contributed by atoms with van der Waals surface area (Å²) in [5.74, 6) is -0.810. The fourth-order valence-electron chi connectivity index (χ4n) is 4.40. The molecule has 0 unspecified atom stereocenters. The van der Waals surface area contributed by atoms with Crippen molar-refractivity contribution in [3.05, 3.63) is 65.5 Å². The van der Waals surface area contributed by atoms with Gasteiger partial charge in [0.05, 0.1) is 30.9 Å². The number of amides is 1. The number of aliphatic hydroxyl groups is 1. The summed E-state index contributed by atoms with van der Waals surface area (Å²) < 4.78 is 11.1. The molecule has 8 heteroatoms. The summed E-state index contributed by atoms with van der Waals surface area (Å²) in [7, 11) is 0. The molecular formula is C26H31N3O5. The predicted octanol–water partition coefficient (Wildman–Crippen LogP) is 3.01. The van der Waals surface area contributed by atoms with Crippen molar-refractivity contribution in [3.63, 3.8) is 0 Å². The highest BCUT2D eigenvalue weighted by atomic mass is 16.5. The van der Waals surface area contributed by atoms with E-state index in [-0.39, 0.29) is 17.4 Å². The van der Waals surface area contributed by atoms with Crippen LogP contribution >= 0.6 is 0 Å². The lowest BCUT2D eigenvalue weighted by atomic mass is 9.96. The molecule has 1 aromatic heterocycles. The second-order valence-corrected chi connectivity index (χ2v) is 8.78. The van der Waals surface area contributed by atoms with E-state index in [2.05, 4.69) is 9.88 Å². The molecule has 2 aliphatic heterocycles. The summed E-state index contributed by atoms with van der Waals surface area (Å²) in [5, 5.41) is 11.2. The first kappa shape index (κ1) is 23.9. The summed E-state index contributed by atoms with van der Waals surface area (Å²) in [5.41, 5.74) is 1.23. The zero-order valence-electron chi connectivity index (χ0n) is 19.6. The molecule has 1 aromatic carbocycles. The number of carbonyl (C=O) groups excluding carboxylic acids is 2. The number of rotatable bonds is 8. The van der Waals surface area contributed by atoms with E-state index in [4.69, 9.17) is 9.47 Å². The van der Waals surface area contributed by atoms with E-state index in [0.29, 0.717) is 43.1 Å². The Morgan fingerprint density at radius 2 is 1.88 bits per heavy atom. The second-order valence-electron chi connectivity index (χ2n) is 8.78. The number of pyridine rings is 1. The molecule has 180 valence electrons. The van der Waals surface area contributed by atoms with Crippen LogP contribution in [0.3, 0.4) is 0 Å². The summed E-state index contributed by atoms with van der Waals surface area (Å²) in [6.45, 7) is 8.22. The molecule has 2 saturated heterocycles. The molecular weight excluding hydrogens is 434 g/mol. The lowest BCUT2D eigenvalue weighted by Gasteiger charge is -2.29. The van der Waals surface area contributed by atoms with Gasteiger partial charge in [-0.25, -0.2) is 0 Å². The van der Waals surface area contributed by atoms with Crippen molar-refractivity contribution in [2.45, 2.75) is 32.4 Å². The van der Waals surface area contributed by atoms with Crippen LogP contribution in [-0.4, -0.2) is 77.1 Å². The van der Waals surface area contributed by atoms with Crippen LogP contribution in [0.25, 0.3) is 5.76 Å². The number of aliphatic hydroxyl groups excluding tert-OH is 1. The van der Waals surface area contributed by atoms with E-state index in [1.54, 1.807) is 47.6 Å². The number of carbonyl (C=O) groups is 2. The summed E-state index contributed by atoms with van der Waals surface area (Å²) >= 11 is 0. The Bertz CT molecular complexity index is 1030. The number of morpholine rings is 1. The molecule has 2 aliphatic rings. The minimum Gasteiger partial charge on any atom is -0.507 e. The molecule has 1 amide bonds. The van der Waals surface area contributed by atoms with Crippen molar-refractivity contribution < 1.29 is 24.2 Å². The number of nitrogens with zero attached hydrogens (tertiary/aromatic N) is 3. The number of ketones is 1. The van der Waals surface area contributed by atoms with Gasteiger partial charge in [-0.1, -0.05) is 6.07 Å². The van der Waals surface area contributed by atoms with Crippen molar-refractivity contribution in [1.29, 1.82) is 0 Å². The molecule has 0 aliphatic carbocycles. The van der Waals surface area contributed by atoms with Gasteiger partial charge in [0.15, 0.2) is 0 Å². The Morgan fingerprint density at radius 3 is 2.53 bits per heavy atom. The number of likely N-dealkylation sites (tertiary alicyclic amines) is 1. The third-order valence-corrected chi connectivity index (χ3v) is 6.02. The Hall–Kier alpha value is -3.23. The first-order valence-electron chi connectivity index (χ1n) is 11.7. The van der Waals surface area contributed by atoms with E-state index < -0.39 is 17.7 Å². The Kier molecular flexibility index (Phi) is 7.59. The maximum Gasteiger partial charge on any atom is 0.295 e. The molecule has 1 N–H and O–H groups in total. The molecule has 4 rings (SSSR count). The molecule has 0 radical (unpaired) electrons. The topological polar surface area (TPSA) is 92.2 Å². The summed E-state index contributed by atoms with van der Waals surface area (Å²) in [6, 6.07) is 9.77.